The van der Waals surface area contributed by atoms with Crippen molar-refractivity contribution in [1.29, 1.82) is 0 Å². The van der Waals surface area contributed by atoms with Gasteiger partial charge in [0.15, 0.2) is 0 Å². The van der Waals surface area contributed by atoms with E-state index in [4.69, 9.17) is 17.0 Å². The molecule has 0 spiro atoms. The lowest BCUT2D eigenvalue weighted by atomic mass is 10.2. The van der Waals surface area contributed by atoms with E-state index in [1.54, 1.807) is 0 Å². The van der Waals surface area contributed by atoms with Crippen LogP contribution in [-0.2, 0) is 0 Å². The minimum Gasteiger partial charge on any atom is -0.270 e. The largest absolute Gasteiger partial charge is 0.292 e. The topological polar surface area (TPSA) is 40.5 Å². The molecule has 1 aromatic carbocycles. The van der Waals surface area contributed by atoms with Gasteiger partial charge in [-0.25, -0.2) is 8.78 Å². The van der Waals surface area contributed by atoms with Gasteiger partial charge < -0.3 is 0 Å². The third kappa shape index (κ3) is 2.37. The average Bonchev–Trinajstić information content (AvgIpc) is 2.01. The molecular weight excluding hydrogens is 204 g/mol. The maximum absolute atomic E-state index is 12.5. The predicted molar refractivity (Wildman–Crippen MR) is 40.2 cm³/mol. The van der Waals surface area contributed by atoms with E-state index in [1.165, 1.54) is 0 Å². The Labute approximate surface area is 77.2 Å². The van der Waals surface area contributed by atoms with Crippen molar-refractivity contribution in [3.05, 3.63) is 35.4 Å². The van der Waals surface area contributed by atoms with Gasteiger partial charge in [-0.15, -0.1) is 4.58 Å². The molecule has 3 nitrogen and oxygen atoms in total. The van der Waals surface area contributed by atoms with Crippen molar-refractivity contribution in [3.8, 4) is 0 Å². The molecule has 0 aliphatic carbocycles. The van der Waals surface area contributed by atoms with Crippen molar-refractivity contribution >= 4 is 17.7 Å². The summed E-state index contributed by atoms with van der Waals surface area (Å²) in [6, 6.07) is 2.13. The average molecular weight is 208 g/mol. The summed E-state index contributed by atoms with van der Waals surface area (Å²) in [6.45, 7) is 0. The minimum absolute atomic E-state index is 0.270. The Morgan fingerprint density at radius 3 is 2.15 bits per heavy atom. The number of amides is 1. The fourth-order valence-corrected chi connectivity index (χ4v) is 0.881. The van der Waals surface area contributed by atoms with Crippen LogP contribution in [-0.4, -0.2) is 15.7 Å². The van der Waals surface area contributed by atoms with E-state index < -0.39 is 17.5 Å². The van der Waals surface area contributed by atoms with Gasteiger partial charge in [-0.1, -0.05) is 0 Å². The third-order valence-corrected chi connectivity index (χ3v) is 1.43. The molecule has 0 heterocycles. The summed E-state index contributed by atoms with van der Waals surface area (Å²) in [5, 5.41) is 8.46. The first-order valence-corrected chi connectivity index (χ1v) is 3.49. The summed E-state index contributed by atoms with van der Waals surface area (Å²) in [4.78, 5) is 10.9. The van der Waals surface area contributed by atoms with Crippen LogP contribution in [0.15, 0.2) is 18.2 Å². The van der Waals surface area contributed by atoms with Gasteiger partial charge in [0, 0.05) is 23.4 Å². The Balaban J connectivity index is 3.08. The third-order valence-electron chi connectivity index (χ3n) is 1.28. The molecule has 0 saturated heterocycles. The zero-order valence-electron chi connectivity index (χ0n) is 6.17. The molecule has 70 valence electrons. The summed E-state index contributed by atoms with van der Waals surface area (Å²) in [5.74, 6) is -2.93. The minimum atomic E-state index is -1.10. The van der Waals surface area contributed by atoms with Crippen molar-refractivity contribution < 1.29 is 18.8 Å². The predicted octanol–water partition coefficient (Wildman–Crippen LogP) is 1.95. The number of hydroxylamine groups is 1. The second kappa shape index (κ2) is 3.68. The lowest BCUT2D eigenvalue weighted by Gasteiger charge is -2.04. The van der Waals surface area contributed by atoms with E-state index in [9.17, 15) is 13.6 Å². The number of benzene rings is 1. The zero-order valence-corrected chi connectivity index (χ0v) is 6.92. The molecule has 0 radical (unpaired) electrons. The van der Waals surface area contributed by atoms with Crippen molar-refractivity contribution in [2.24, 2.45) is 0 Å². The van der Waals surface area contributed by atoms with Crippen LogP contribution in [0.3, 0.4) is 0 Å². The second-order valence-electron chi connectivity index (χ2n) is 2.22. The highest BCUT2D eigenvalue weighted by atomic mass is 35.5. The zero-order chi connectivity index (χ0) is 10.0. The number of nitrogens with zero attached hydrogens (tertiary/aromatic N) is 1. The Bertz CT molecular complexity index is 323. The number of carbonyl (C=O) groups is 1. The fourth-order valence-electron chi connectivity index (χ4n) is 0.784. The Morgan fingerprint density at radius 2 is 1.77 bits per heavy atom. The maximum Gasteiger partial charge on any atom is 0.292 e. The van der Waals surface area contributed by atoms with Crippen LogP contribution in [0.4, 0.5) is 8.78 Å². The van der Waals surface area contributed by atoms with Gasteiger partial charge in [0.25, 0.3) is 5.91 Å². The number of halogens is 3. The highest BCUT2D eigenvalue weighted by Crippen LogP contribution is 2.10. The molecule has 0 bridgehead atoms. The van der Waals surface area contributed by atoms with Crippen LogP contribution in [0.25, 0.3) is 0 Å². The van der Waals surface area contributed by atoms with Gasteiger partial charge in [-0.2, -0.15) is 0 Å². The van der Waals surface area contributed by atoms with Crippen LogP contribution in [0, 0.1) is 11.6 Å². The van der Waals surface area contributed by atoms with E-state index in [0.717, 1.165) is 12.1 Å². The molecule has 0 unspecified atom stereocenters. The summed E-state index contributed by atoms with van der Waals surface area (Å²) >= 11 is 4.86. The highest BCUT2D eigenvalue weighted by molar-refractivity contribution is 6.22. The molecule has 0 fully saturated rings. The summed E-state index contributed by atoms with van der Waals surface area (Å²) in [6.07, 6.45) is 0. The molecule has 0 saturated carbocycles. The monoisotopic (exact) mass is 207 g/mol. The lowest BCUT2D eigenvalue weighted by Crippen LogP contribution is -2.17. The molecule has 0 aromatic heterocycles. The molecule has 1 N–H and O–H groups in total. The first-order chi connectivity index (χ1) is 6.00. The molecule has 0 aliphatic rings. The highest BCUT2D eigenvalue weighted by Gasteiger charge is 2.13. The first-order valence-electron chi connectivity index (χ1n) is 3.16. The van der Waals surface area contributed by atoms with Gasteiger partial charge in [0.05, 0.1) is 0 Å². The van der Waals surface area contributed by atoms with Gasteiger partial charge in [0.1, 0.15) is 11.6 Å². The second-order valence-corrected chi connectivity index (χ2v) is 2.54. The van der Waals surface area contributed by atoms with Gasteiger partial charge in [-0.3, -0.25) is 10.0 Å². The molecule has 13 heavy (non-hydrogen) atoms. The number of carbonyl (C=O) groups excluding carboxylic acids is 1. The van der Waals surface area contributed by atoms with Crippen molar-refractivity contribution in [2.75, 3.05) is 0 Å². The van der Waals surface area contributed by atoms with Crippen LogP contribution >= 0.6 is 11.8 Å². The Hall–Kier alpha value is -1.20. The molecule has 0 atom stereocenters. The normalized spacial score (nSPS) is 9.85. The van der Waals surface area contributed by atoms with Crippen molar-refractivity contribution in [1.82, 2.24) is 4.58 Å². The van der Waals surface area contributed by atoms with Crippen LogP contribution in [0.2, 0.25) is 0 Å². The lowest BCUT2D eigenvalue weighted by molar-refractivity contribution is 0.00917. The molecule has 1 amide bonds. The fraction of sp³-hybridized carbons (Fsp3) is 0. The van der Waals surface area contributed by atoms with Crippen LogP contribution in [0.1, 0.15) is 10.4 Å². The molecule has 6 heteroatoms. The molecule has 1 rings (SSSR count). The van der Waals surface area contributed by atoms with E-state index >= 15 is 0 Å². The van der Waals surface area contributed by atoms with Gasteiger partial charge in [0.2, 0.25) is 0 Å². The summed E-state index contributed by atoms with van der Waals surface area (Å²) < 4.78 is 24.8. The number of hydrogen-bond acceptors (Lipinski definition) is 2. The summed E-state index contributed by atoms with van der Waals surface area (Å²) in [7, 11) is 0. The summed E-state index contributed by atoms with van der Waals surface area (Å²) in [5.41, 5.74) is -0.366. The van der Waals surface area contributed by atoms with Gasteiger partial charge in [-0.05, 0) is 12.1 Å². The van der Waals surface area contributed by atoms with E-state index in [-0.39, 0.29) is 10.1 Å². The quantitative estimate of drug-likeness (QED) is 0.434. The standard InChI is InChI=1S/C7H4ClF2NO2/c8-11(13)7(12)4-1-5(9)3-6(10)2-4/h1-3,13H. The maximum atomic E-state index is 12.5. The Morgan fingerprint density at radius 1 is 1.31 bits per heavy atom. The number of rotatable bonds is 1. The molecule has 0 aliphatic heterocycles. The molecule has 1 aromatic rings. The van der Waals surface area contributed by atoms with Crippen molar-refractivity contribution in [3.63, 3.8) is 0 Å². The van der Waals surface area contributed by atoms with Crippen molar-refractivity contribution in [2.45, 2.75) is 0 Å². The molecular formula is C7H4ClF2NO2. The SMILES string of the molecule is O=C(c1cc(F)cc(F)c1)N(O)Cl. The van der Waals surface area contributed by atoms with E-state index in [1.807, 2.05) is 0 Å². The Kier molecular flexibility index (Phi) is 2.79. The van der Waals surface area contributed by atoms with Crippen LogP contribution in [0.5, 0.6) is 0 Å². The van der Waals surface area contributed by atoms with E-state index in [2.05, 4.69) is 0 Å². The smallest absolute Gasteiger partial charge is 0.270 e. The van der Waals surface area contributed by atoms with E-state index in [0.29, 0.717) is 6.07 Å². The number of hydrogen-bond donors (Lipinski definition) is 1. The first kappa shape index (κ1) is 9.88. The van der Waals surface area contributed by atoms with Gasteiger partial charge >= 0.3 is 0 Å². The van der Waals surface area contributed by atoms with Crippen LogP contribution < -0.4 is 0 Å².